The van der Waals surface area contributed by atoms with E-state index in [1.807, 2.05) is 24.4 Å². The second-order valence-electron chi connectivity index (χ2n) is 5.19. The largest absolute Gasteiger partial charge is 0.256 e. The summed E-state index contributed by atoms with van der Waals surface area (Å²) in [5.41, 5.74) is 2.88. The van der Waals surface area contributed by atoms with Crippen LogP contribution in [-0.2, 0) is 5.41 Å². The fourth-order valence-corrected chi connectivity index (χ4v) is 1.66. The summed E-state index contributed by atoms with van der Waals surface area (Å²) in [6.07, 6.45) is 1.86. The van der Waals surface area contributed by atoms with Crippen molar-refractivity contribution in [1.82, 2.24) is 4.98 Å². The van der Waals surface area contributed by atoms with Gasteiger partial charge in [-0.3, -0.25) is 4.98 Å². The smallest absolute Gasteiger partial charge is 0.123 e. The van der Waals surface area contributed by atoms with Crippen molar-refractivity contribution in [2.45, 2.75) is 26.2 Å². The van der Waals surface area contributed by atoms with Gasteiger partial charge in [0.25, 0.3) is 0 Å². The molecule has 0 saturated carbocycles. The molecule has 0 spiro atoms. The molecule has 0 radical (unpaired) electrons. The van der Waals surface area contributed by atoms with E-state index in [4.69, 9.17) is 0 Å². The predicted octanol–water partition coefficient (Wildman–Crippen LogP) is 4.19. The van der Waals surface area contributed by atoms with E-state index in [1.54, 1.807) is 6.07 Å². The molecule has 1 aromatic heterocycles. The molecule has 0 aliphatic heterocycles. The van der Waals surface area contributed by atoms with Crippen molar-refractivity contribution in [2.75, 3.05) is 0 Å². The van der Waals surface area contributed by atoms with Crippen LogP contribution in [0, 0.1) is 5.82 Å². The molecule has 1 heterocycles. The van der Waals surface area contributed by atoms with Gasteiger partial charge in [0.15, 0.2) is 0 Å². The summed E-state index contributed by atoms with van der Waals surface area (Å²) in [7, 11) is 0. The zero-order chi connectivity index (χ0) is 12.5. The molecule has 0 saturated heterocycles. The number of pyridine rings is 1. The zero-order valence-electron chi connectivity index (χ0n) is 10.4. The Labute approximate surface area is 101 Å². The molecule has 0 aliphatic rings. The maximum absolute atomic E-state index is 13.1. The van der Waals surface area contributed by atoms with Crippen LogP contribution in [-0.4, -0.2) is 4.98 Å². The number of benzene rings is 1. The quantitative estimate of drug-likeness (QED) is 0.714. The Kier molecular flexibility index (Phi) is 2.97. The van der Waals surface area contributed by atoms with E-state index in [9.17, 15) is 4.39 Å². The molecule has 0 N–H and O–H groups in total. The maximum Gasteiger partial charge on any atom is 0.123 e. The highest BCUT2D eigenvalue weighted by Gasteiger charge is 2.13. The molecule has 2 rings (SSSR count). The van der Waals surface area contributed by atoms with E-state index in [0.29, 0.717) is 0 Å². The number of aromatic nitrogens is 1. The summed E-state index contributed by atoms with van der Waals surface area (Å²) in [6.45, 7) is 6.43. The first-order valence-electron chi connectivity index (χ1n) is 5.69. The summed E-state index contributed by atoms with van der Waals surface area (Å²) in [6, 6.07) is 10.5. The van der Waals surface area contributed by atoms with E-state index in [1.165, 1.54) is 17.7 Å². The van der Waals surface area contributed by atoms with Crippen molar-refractivity contribution in [3.05, 3.63) is 54.0 Å². The molecule has 0 amide bonds. The lowest BCUT2D eigenvalue weighted by Gasteiger charge is -2.18. The van der Waals surface area contributed by atoms with Crippen LogP contribution < -0.4 is 0 Å². The van der Waals surface area contributed by atoms with Crippen LogP contribution >= 0.6 is 0 Å². The molecular weight excluding hydrogens is 213 g/mol. The van der Waals surface area contributed by atoms with Crippen LogP contribution in [0.2, 0.25) is 0 Å². The van der Waals surface area contributed by atoms with E-state index in [0.717, 1.165) is 11.3 Å². The number of rotatable bonds is 1. The van der Waals surface area contributed by atoms with Gasteiger partial charge in [-0.1, -0.05) is 39.0 Å². The van der Waals surface area contributed by atoms with Gasteiger partial charge in [0.1, 0.15) is 5.82 Å². The molecular formula is C15H16FN. The van der Waals surface area contributed by atoms with Crippen molar-refractivity contribution >= 4 is 0 Å². The number of nitrogens with zero attached hydrogens (tertiary/aromatic N) is 1. The Balaban J connectivity index is 2.36. The van der Waals surface area contributed by atoms with E-state index in [2.05, 4.69) is 25.8 Å². The van der Waals surface area contributed by atoms with Gasteiger partial charge in [0.2, 0.25) is 0 Å². The van der Waals surface area contributed by atoms with Crippen molar-refractivity contribution in [1.29, 1.82) is 0 Å². The lowest BCUT2D eigenvalue weighted by molar-refractivity contribution is 0.587. The third kappa shape index (κ3) is 2.70. The average molecular weight is 229 g/mol. The molecule has 0 fully saturated rings. The Bertz CT molecular complexity index is 509. The van der Waals surface area contributed by atoms with Crippen molar-refractivity contribution < 1.29 is 4.39 Å². The van der Waals surface area contributed by atoms with E-state index < -0.39 is 0 Å². The second kappa shape index (κ2) is 4.28. The maximum atomic E-state index is 13.1. The van der Waals surface area contributed by atoms with Gasteiger partial charge in [-0.25, -0.2) is 4.39 Å². The molecule has 17 heavy (non-hydrogen) atoms. The minimum atomic E-state index is -0.232. The lowest BCUT2D eigenvalue weighted by Crippen LogP contribution is -2.11. The minimum absolute atomic E-state index is 0.0907. The van der Waals surface area contributed by atoms with Gasteiger partial charge in [-0.05, 0) is 29.2 Å². The molecule has 1 aromatic carbocycles. The SMILES string of the molecule is CC(C)(C)c1ccc(-c2cccc(F)c2)nc1. The zero-order valence-corrected chi connectivity index (χ0v) is 10.4. The summed E-state index contributed by atoms with van der Waals surface area (Å²) < 4.78 is 13.1. The highest BCUT2D eigenvalue weighted by atomic mass is 19.1. The first kappa shape index (κ1) is 11.8. The first-order chi connectivity index (χ1) is 7.97. The average Bonchev–Trinajstić information content (AvgIpc) is 2.28. The van der Waals surface area contributed by atoms with Gasteiger partial charge < -0.3 is 0 Å². The van der Waals surface area contributed by atoms with Gasteiger partial charge in [0.05, 0.1) is 5.69 Å². The van der Waals surface area contributed by atoms with Crippen molar-refractivity contribution in [3.8, 4) is 11.3 Å². The van der Waals surface area contributed by atoms with Gasteiger partial charge >= 0.3 is 0 Å². The van der Waals surface area contributed by atoms with Crippen LogP contribution in [0.1, 0.15) is 26.3 Å². The van der Waals surface area contributed by atoms with Gasteiger partial charge in [0, 0.05) is 11.8 Å². The summed E-state index contributed by atoms with van der Waals surface area (Å²) in [4.78, 5) is 4.39. The number of hydrogen-bond acceptors (Lipinski definition) is 1. The molecule has 0 aliphatic carbocycles. The fraction of sp³-hybridized carbons (Fsp3) is 0.267. The molecule has 88 valence electrons. The van der Waals surface area contributed by atoms with Crippen LogP contribution in [0.3, 0.4) is 0 Å². The van der Waals surface area contributed by atoms with Crippen LogP contribution in [0.25, 0.3) is 11.3 Å². The topological polar surface area (TPSA) is 12.9 Å². The fourth-order valence-electron chi connectivity index (χ4n) is 1.66. The molecule has 0 atom stereocenters. The highest BCUT2D eigenvalue weighted by molar-refractivity contribution is 5.59. The number of hydrogen-bond donors (Lipinski definition) is 0. The molecule has 0 bridgehead atoms. The highest BCUT2D eigenvalue weighted by Crippen LogP contribution is 2.24. The van der Waals surface area contributed by atoms with E-state index >= 15 is 0 Å². The summed E-state index contributed by atoms with van der Waals surface area (Å²) in [5, 5.41) is 0. The third-order valence-corrected chi connectivity index (χ3v) is 2.75. The molecule has 0 unspecified atom stereocenters. The van der Waals surface area contributed by atoms with Crippen LogP contribution in [0.5, 0.6) is 0 Å². The van der Waals surface area contributed by atoms with Crippen molar-refractivity contribution in [2.24, 2.45) is 0 Å². The Morgan fingerprint density at radius 3 is 2.35 bits per heavy atom. The summed E-state index contributed by atoms with van der Waals surface area (Å²) >= 11 is 0. The Hall–Kier alpha value is -1.70. The van der Waals surface area contributed by atoms with Crippen molar-refractivity contribution in [3.63, 3.8) is 0 Å². The monoisotopic (exact) mass is 229 g/mol. The first-order valence-corrected chi connectivity index (χ1v) is 5.69. The second-order valence-corrected chi connectivity index (χ2v) is 5.19. The Morgan fingerprint density at radius 1 is 1.06 bits per heavy atom. The minimum Gasteiger partial charge on any atom is -0.256 e. The predicted molar refractivity (Wildman–Crippen MR) is 68.3 cm³/mol. The van der Waals surface area contributed by atoms with E-state index in [-0.39, 0.29) is 11.2 Å². The molecule has 1 nitrogen and oxygen atoms in total. The van der Waals surface area contributed by atoms with Crippen LogP contribution in [0.4, 0.5) is 4.39 Å². The van der Waals surface area contributed by atoms with Gasteiger partial charge in [-0.15, -0.1) is 0 Å². The standard InChI is InChI=1S/C15H16FN/c1-15(2,3)12-7-8-14(17-10-12)11-5-4-6-13(16)9-11/h4-10H,1-3H3. The Morgan fingerprint density at radius 2 is 1.82 bits per heavy atom. The lowest BCUT2D eigenvalue weighted by atomic mass is 9.88. The third-order valence-electron chi connectivity index (χ3n) is 2.75. The molecule has 2 aromatic rings. The molecule has 2 heteroatoms. The van der Waals surface area contributed by atoms with Gasteiger partial charge in [-0.2, -0.15) is 0 Å². The number of halogens is 1. The van der Waals surface area contributed by atoms with Crippen LogP contribution in [0.15, 0.2) is 42.6 Å². The summed E-state index contributed by atoms with van der Waals surface area (Å²) in [5.74, 6) is -0.232. The normalized spacial score (nSPS) is 11.5.